The van der Waals surface area contributed by atoms with Gasteiger partial charge in [-0.1, -0.05) is 12.2 Å². The van der Waals surface area contributed by atoms with E-state index in [-0.39, 0.29) is 10.6 Å². The summed E-state index contributed by atoms with van der Waals surface area (Å²) in [4.78, 5) is 13.2. The van der Waals surface area contributed by atoms with Crippen LogP contribution in [0.5, 0.6) is 0 Å². The smallest absolute Gasteiger partial charge is 0.203 e. The standard InChI is InChI=1S/C5H2Cl2N4S/c6-4-8-1-2(9-4)10-5(7)11-3(1)12/h(H2,8,9,10,11,12). The first-order valence-corrected chi connectivity index (χ1v) is 4.14. The van der Waals surface area contributed by atoms with Gasteiger partial charge in [0.1, 0.15) is 5.52 Å². The number of nitrogens with zero attached hydrogens (tertiary/aromatic N) is 2. The van der Waals surface area contributed by atoms with Gasteiger partial charge in [-0.3, -0.25) is 0 Å². The number of fused-ring (bicyclic) bond motifs is 1. The first-order chi connectivity index (χ1) is 5.66. The first kappa shape index (κ1) is 7.97. The normalized spacial score (nSPS) is 10.8. The Morgan fingerprint density at radius 1 is 1.08 bits per heavy atom. The Labute approximate surface area is 81.9 Å². The lowest BCUT2D eigenvalue weighted by Crippen LogP contribution is -1.84. The van der Waals surface area contributed by atoms with E-state index >= 15 is 0 Å². The molecular weight excluding hydrogens is 219 g/mol. The fraction of sp³-hybridized carbons (Fsp3) is 0. The summed E-state index contributed by atoms with van der Waals surface area (Å²) in [5.74, 6) is 0. The highest BCUT2D eigenvalue weighted by Crippen LogP contribution is 2.14. The molecule has 0 atom stereocenters. The zero-order valence-corrected chi connectivity index (χ0v) is 7.89. The molecule has 0 spiro atoms. The third kappa shape index (κ3) is 1.20. The molecule has 2 heterocycles. The van der Waals surface area contributed by atoms with Crippen LogP contribution in [0.15, 0.2) is 0 Å². The average molecular weight is 221 g/mol. The predicted molar refractivity (Wildman–Crippen MR) is 49.1 cm³/mol. The predicted octanol–water partition coefficient (Wildman–Crippen LogP) is 2.32. The van der Waals surface area contributed by atoms with Gasteiger partial charge in [0.15, 0.2) is 10.3 Å². The van der Waals surface area contributed by atoms with Crippen molar-refractivity contribution in [2.75, 3.05) is 0 Å². The number of aromatic nitrogens is 4. The first-order valence-electron chi connectivity index (χ1n) is 2.98. The van der Waals surface area contributed by atoms with Crippen molar-refractivity contribution >= 4 is 46.6 Å². The van der Waals surface area contributed by atoms with Crippen LogP contribution >= 0.6 is 35.4 Å². The lowest BCUT2D eigenvalue weighted by molar-refractivity contribution is 1.18. The molecule has 0 amide bonds. The van der Waals surface area contributed by atoms with Gasteiger partial charge in [-0.15, -0.1) is 0 Å². The number of nitrogens with one attached hydrogen (secondary N) is 2. The molecule has 0 aliphatic rings. The Bertz CT molecular complexity index is 488. The number of H-pyrrole nitrogens is 2. The lowest BCUT2D eigenvalue weighted by Gasteiger charge is -1.89. The molecule has 2 aromatic rings. The van der Waals surface area contributed by atoms with Crippen LogP contribution in [0.4, 0.5) is 0 Å². The summed E-state index contributed by atoms with van der Waals surface area (Å²) in [7, 11) is 0. The van der Waals surface area contributed by atoms with E-state index in [1.807, 2.05) is 0 Å². The molecule has 0 saturated heterocycles. The largest absolute Gasteiger partial charge is 0.325 e. The van der Waals surface area contributed by atoms with Crippen LogP contribution < -0.4 is 0 Å². The SMILES string of the molecule is S=c1nc(Cl)[nH]c2nc(Cl)[nH]c12. The third-order valence-corrected chi connectivity index (χ3v) is 1.96. The molecule has 7 heteroatoms. The van der Waals surface area contributed by atoms with E-state index in [4.69, 9.17) is 35.4 Å². The summed E-state index contributed by atoms with van der Waals surface area (Å²) < 4.78 is 0.355. The van der Waals surface area contributed by atoms with Crippen molar-refractivity contribution in [1.29, 1.82) is 0 Å². The molecule has 0 aliphatic carbocycles. The topological polar surface area (TPSA) is 57.4 Å². The fourth-order valence-electron chi connectivity index (χ4n) is 0.860. The number of imidazole rings is 1. The molecule has 0 saturated carbocycles. The highest BCUT2D eigenvalue weighted by atomic mass is 35.5. The van der Waals surface area contributed by atoms with Crippen molar-refractivity contribution < 1.29 is 0 Å². The van der Waals surface area contributed by atoms with Crippen molar-refractivity contribution in [2.45, 2.75) is 0 Å². The molecule has 2 rings (SSSR count). The van der Waals surface area contributed by atoms with Gasteiger partial charge in [0.05, 0.1) is 0 Å². The molecular formula is C5H2Cl2N4S. The monoisotopic (exact) mass is 220 g/mol. The van der Waals surface area contributed by atoms with Crippen LogP contribution in [-0.4, -0.2) is 19.9 Å². The van der Waals surface area contributed by atoms with Gasteiger partial charge in [-0.05, 0) is 23.2 Å². The zero-order chi connectivity index (χ0) is 8.72. The molecule has 0 aliphatic heterocycles. The summed E-state index contributed by atoms with van der Waals surface area (Å²) in [6.45, 7) is 0. The molecule has 4 nitrogen and oxygen atoms in total. The van der Waals surface area contributed by atoms with E-state index in [1.165, 1.54) is 0 Å². The van der Waals surface area contributed by atoms with Gasteiger partial charge in [0.25, 0.3) is 0 Å². The van der Waals surface area contributed by atoms with Gasteiger partial charge in [-0.2, -0.15) is 4.98 Å². The van der Waals surface area contributed by atoms with Gasteiger partial charge in [0.2, 0.25) is 10.6 Å². The number of rotatable bonds is 0. The number of hydrogen-bond acceptors (Lipinski definition) is 3. The Balaban J connectivity index is 2.98. The zero-order valence-electron chi connectivity index (χ0n) is 5.56. The summed E-state index contributed by atoms with van der Waals surface area (Å²) in [6, 6.07) is 0. The van der Waals surface area contributed by atoms with Crippen molar-refractivity contribution in [1.82, 2.24) is 19.9 Å². The summed E-state index contributed by atoms with van der Waals surface area (Å²) in [5, 5.41) is 0.465. The van der Waals surface area contributed by atoms with E-state index in [0.717, 1.165) is 0 Å². The summed E-state index contributed by atoms with van der Waals surface area (Å²) in [5.41, 5.74) is 1.12. The van der Waals surface area contributed by atoms with E-state index < -0.39 is 0 Å². The van der Waals surface area contributed by atoms with Crippen LogP contribution in [0.1, 0.15) is 0 Å². The molecule has 2 N–H and O–H groups in total. The Morgan fingerprint density at radius 2 is 1.75 bits per heavy atom. The van der Waals surface area contributed by atoms with E-state index in [0.29, 0.717) is 15.8 Å². The van der Waals surface area contributed by atoms with Crippen molar-refractivity contribution in [3.8, 4) is 0 Å². The van der Waals surface area contributed by atoms with Gasteiger partial charge in [-0.25, -0.2) is 4.98 Å². The summed E-state index contributed by atoms with van der Waals surface area (Å²) in [6.07, 6.45) is 0. The van der Waals surface area contributed by atoms with Gasteiger partial charge >= 0.3 is 0 Å². The van der Waals surface area contributed by atoms with E-state index in [2.05, 4.69) is 19.9 Å². The summed E-state index contributed by atoms with van der Waals surface area (Å²) >= 11 is 16.1. The lowest BCUT2D eigenvalue weighted by atomic mass is 10.6. The molecule has 0 aromatic carbocycles. The van der Waals surface area contributed by atoms with Gasteiger partial charge in [0, 0.05) is 0 Å². The number of halogens is 2. The third-order valence-electron chi connectivity index (χ3n) is 1.31. The van der Waals surface area contributed by atoms with Crippen LogP contribution in [-0.2, 0) is 0 Å². The van der Waals surface area contributed by atoms with E-state index in [9.17, 15) is 0 Å². The number of hydrogen-bond donors (Lipinski definition) is 2. The molecule has 0 radical (unpaired) electrons. The Morgan fingerprint density at radius 3 is 2.50 bits per heavy atom. The Kier molecular flexibility index (Phi) is 1.79. The second-order valence-electron chi connectivity index (χ2n) is 2.08. The molecule has 0 bridgehead atoms. The maximum absolute atomic E-state index is 5.60. The quantitative estimate of drug-likeness (QED) is 0.407. The van der Waals surface area contributed by atoms with Crippen molar-refractivity contribution in [3.05, 3.63) is 15.2 Å². The van der Waals surface area contributed by atoms with Crippen LogP contribution in [0.3, 0.4) is 0 Å². The Hall–Kier alpha value is -0.650. The second-order valence-corrected chi connectivity index (χ2v) is 3.19. The van der Waals surface area contributed by atoms with Crippen LogP contribution in [0.2, 0.25) is 10.6 Å². The minimum Gasteiger partial charge on any atom is -0.325 e. The van der Waals surface area contributed by atoms with Gasteiger partial charge < -0.3 is 9.97 Å². The highest BCUT2D eigenvalue weighted by Gasteiger charge is 2.03. The second kappa shape index (κ2) is 2.69. The van der Waals surface area contributed by atoms with Crippen LogP contribution in [0, 0.1) is 4.64 Å². The molecule has 12 heavy (non-hydrogen) atoms. The molecule has 0 fully saturated rings. The minimum absolute atomic E-state index is 0.204. The highest BCUT2D eigenvalue weighted by molar-refractivity contribution is 7.71. The maximum Gasteiger partial charge on any atom is 0.203 e. The van der Waals surface area contributed by atoms with Crippen LogP contribution in [0.25, 0.3) is 11.2 Å². The fourth-order valence-corrected chi connectivity index (χ4v) is 1.50. The maximum atomic E-state index is 5.60. The average Bonchev–Trinajstić information content (AvgIpc) is 2.29. The van der Waals surface area contributed by atoms with Crippen molar-refractivity contribution in [3.63, 3.8) is 0 Å². The number of aromatic amines is 2. The minimum atomic E-state index is 0.204. The van der Waals surface area contributed by atoms with Crippen molar-refractivity contribution in [2.24, 2.45) is 0 Å². The molecule has 62 valence electrons. The van der Waals surface area contributed by atoms with E-state index in [1.54, 1.807) is 0 Å². The molecule has 0 unspecified atom stereocenters. The molecule has 2 aromatic heterocycles.